The van der Waals surface area contributed by atoms with Crippen molar-refractivity contribution in [2.24, 2.45) is 5.92 Å². The highest BCUT2D eigenvalue weighted by Gasteiger charge is 2.33. The summed E-state index contributed by atoms with van der Waals surface area (Å²) in [5.41, 5.74) is 2.38. The molecular weight excluding hydrogens is 224 g/mol. The summed E-state index contributed by atoms with van der Waals surface area (Å²) in [6, 6.07) is 8.42. The van der Waals surface area contributed by atoms with Crippen LogP contribution in [0.5, 0.6) is 0 Å². The molecule has 2 rings (SSSR count). The molecule has 18 heavy (non-hydrogen) atoms. The number of ether oxygens (including phenoxy) is 1. The van der Waals surface area contributed by atoms with E-state index >= 15 is 0 Å². The van der Waals surface area contributed by atoms with Crippen LogP contribution in [0.15, 0.2) is 24.3 Å². The predicted octanol–water partition coefficient (Wildman–Crippen LogP) is 3.49. The first-order valence-electron chi connectivity index (χ1n) is 7.14. The molecule has 0 radical (unpaired) electrons. The van der Waals surface area contributed by atoms with Crippen molar-refractivity contribution in [2.75, 3.05) is 6.61 Å². The second kappa shape index (κ2) is 6.35. The number of aliphatic hydroxyl groups is 1. The number of benzene rings is 1. The Hall–Kier alpha value is -0.860. The monoisotopic (exact) mass is 248 g/mol. The highest BCUT2D eigenvalue weighted by atomic mass is 16.5. The van der Waals surface area contributed by atoms with Gasteiger partial charge in [0.15, 0.2) is 0 Å². The first-order chi connectivity index (χ1) is 8.76. The molecule has 1 saturated heterocycles. The lowest BCUT2D eigenvalue weighted by atomic mass is 9.88. The highest BCUT2D eigenvalue weighted by molar-refractivity contribution is 5.25. The minimum Gasteiger partial charge on any atom is -0.388 e. The molecule has 1 aromatic carbocycles. The number of hydrogen-bond acceptors (Lipinski definition) is 2. The van der Waals surface area contributed by atoms with Crippen molar-refractivity contribution in [1.29, 1.82) is 0 Å². The summed E-state index contributed by atoms with van der Waals surface area (Å²) >= 11 is 0. The van der Waals surface area contributed by atoms with Gasteiger partial charge in [0, 0.05) is 12.5 Å². The maximum Gasteiger partial charge on any atom is 0.0843 e. The molecule has 0 bridgehead atoms. The molecule has 0 aromatic heterocycles. The molecule has 0 aliphatic carbocycles. The Kier molecular flexibility index (Phi) is 4.79. The van der Waals surface area contributed by atoms with Gasteiger partial charge in [0.2, 0.25) is 0 Å². The SMILES string of the molecule is CCCc1ccc(C(O)C2CCOC2CC)cc1. The van der Waals surface area contributed by atoms with Crippen molar-refractivity contribution in [2.45, 2.75) is 51.7 Å². The second-order valence-electron chi connectivity index (χ2n) is 5.21. The average molecular weight is 248 g/mol. The summed E-state index contributed by atoms with van der Waals surface area (Å²) in [5.74, 6) is 0.257. The first-order valence-corrected chi connectivity index (χ1v) is 7.14. The molecule has 0 saturated carbocycles. The van der Waals surface area contributed by atoms with Crippen LogP contribution in [0.2, 0.25) is 0 Å². The molecule has 0 amide bonds. The Balaban J connectivity index is 2.05. The van der Waals surface area contributed by atoms with E-state index in [9.17, 15) is 5.11 Å². The van der Waals surface area contributed by atoms with E-state index in [0.717, 1.165) is 37.9 Å². The van der Waals surface area contributed by atoms with Gasteiger partial charge in [-0.1, -0.05) is 44.5 Å². The summed E-state index contributed by atoms with van der Waals surface area (Å²) < 4.78 is 5.66. The molecular formula is C16H24O2. The summed E-state index contributed by atoms with van der Waals surface area (Å²) in [4.78, 5) is 0. The number of aryl methyl sites for hydroxylation is 1. The Morgan fingerprint density at radius 1 is 1.28 bits per heavy atom. The van der Waals surface area contributed by atoms with Crippen molar-refractivity contribution in [3.63, 3.8) is 0 Å². The normalized spacial score (nSPS) is 25.3. The Morgan fingerprint density at radius 3 is 2.61 bits per heavy atom. The van der Waals surface area contributed by atoms with E-state index in [1.807, 2.05) is 0 Å². The van der Waals surface area contributed by atoms with Gasteiger partial charge in [-0.2, -0.15) is 0 Å². The molecule has 1 aliphatic rings. The van der Waals surface area contributed by atoms with Crippen LogP contribution in [0.25, 0.3) is 0 Å². The van der Waals surface area contributed by atoms with Gasteiger partial charge in [-0.3, -0.25) is 0 Å². The molecule has 3 atom stereocenters. The lowest BCUT2D eigenvalue weighted by molar-refractivity contribution is 0.0307. The summed E-state index contributed by atoms with van der Waals surface area (Å²) in [6.45, 7) is 5.10. The molecule has 1 N–H and O–H groups in total. The zero-order valence-electron chi connectivity index (χ0n) is 11.4. The fraction of sp³-hybridized carbons (Fsp3) is 0.625. The molecule has 3 unspecified atom stereocenters. The predicted molar refractivity (Wildman–Crippen MR) is 73.5 cm³/mol. The van der Waals surface area contributed by atoms with Crippen molar-refractivity contribution < 1.29 is 9.84 Å². The maximum absolute atomic E-state index is 10.5. The van der Waals surface area contributed by atoms with E-state index in [0.29, 0.717) is 0 Å². The molecule has 1 heterocycles. The van der Waals surface area contributed by atoms with E-state index in [2.05, 4.69) is 38.1 Å². The quantitative estimate of drug-likeness (QED) is 0.864. The van der Waals surface area contributed by atoms with Crippen LogP contribution in [-0.4, -0.2) is 17.8 Å². The number of hydrogen-bond donors (Lipinski definition) is 1. The van der Waals surface area contributed by atoms with Gasteiger partial charge >= 0.3 is 0 Å². The zero-order valence-corrected chi connectivity index (χ0v) is 11.4. The van der Waals surface area contributed by atoms with Crippen LogP contribution in [0, 0.1) is 5.92 Å². The summed E-state index contributed by atoms with van der Waals surface area (Å²) in [6.07, 6.45) is 4.06. The van der Waals surface area contributed by atoms with Gasteiger partial charge < -0.3 is 9.84 Å². The Labute approximate surface area is 110 Å². The van der Waals surface area contributed by atoms with Crippen molar-refractivity contribution in [3.05, 3.63) is 35.4 Å². The van der Waals surface area contributed by atoms with Crippen LogP contribution >= 0.6 is 0 Å². The van der Waals surface area contributed by atoms with Gasteiger partial charge in [0.1, 0.15) is 0 Å². The first kappa shape index (κ1) is 13.6. The average Bonchev–Trinajstić information content (AvgIpc) is 2.87. The third kappa shape index (κ3) is 2.93. The molecule has 1 aliphatic heterocycles. The minimum atomic E-state index is -0.381. The van der Waals surface area contributed by atoms with Crippen molar-refractivity contribution in [1.82, 2.24) is 0 Å². The topological polar surface area (TPSA) is 29.5 Å². The highest BCUT2D eigenvalue weighted by Crippen LogP contribution is 2.34. The van der Waals surface area contributed by atoms with E-state index in [-0.39, 0.29) is 18.1 Å². The number of aliphatic hydroxyl groups excluding tert-OH is 1. The van der Waals surface area contributed by atoms with Crippen LogP contribution in [0.1, 0.15) is 50.3 Å². The van der Waals surface area contributed by atoms with E-state index in [4.69, 9.17) is 4.74 Å². The zero-order chi connectivity index (χ0) is 13.0. The molecule has 2 nitrogen and oxygen atoms in total. The van der Waals surface area contributed by atoms with Gasteiger partial charge in [0.05, 0.1) is 12.2 Å². The third-order valence-corrected chi connectivity index (χ3v) is 3.93. The fourth-order valence-corrected chi connectivity index (χ4v) is 2.86. The maximum atomic E-state index is 10.5. The molecule has 1 fully saturated rings. The van der Waals surface area contributed by atoms with E-state index in [1.165, 1.54) is 5.56 Å². The van der Waals surface area contributed by atoms with Gasteiger partial charge in [-0.25, -0.2) is 0 Å². The van der Waals surface area contributed by atoms with Crippen LogP contribution in [-0.2, 0) is 11.2 Å². The van der Waals surface area contributed by atoms with Gasteiger partial charge in [-0.05, 0) is 30.4 Å². The van der Waals surface area contributed by atoms with E-state index < -0.39 is 0 Å². The molecule has 100 valence electrons. The lowest BCUT2D eigenvalue weighted by Crippen LogP contribution is -2.22. The molecule has 0 spiro atoms. The smallest absolute Gasteiger partial charge is 0.0843 e. The van der Waals surface area contributed by atoms with Crippen LogP contribution in [0.4, 0.5) is 0 Å². The third-order valence-electron chi connectivity index (χ3n) is 3.93. The lowest BCUT2D eigenvalue weighted by Gasteiger charge is -2.23. The molecule has 1 aromatic rings. The summed E-state index contributed by atoms with van der Waals surface area (Å²) in [7, 11) is 0. The van der Waals surface area contributed by atoms with Gasteiger partial charge in [-0.15, -0.1) is 0 Å². The van der Waals surface area contributed by atoms with Gasteiger partial charge in [0.25, 0.3) is 0 Å². The standard InChI is InChI=1S/C16H24O2/c1-3-5-12-6-8-13(9-7-12)16(17)14-10-11-18-15(14)4-2/h6-9,14-17H,3-5,10-11H2,1-2H3. The molecule has 2 heteroatoms. The van der Waals surface area contributed by atoms with E-state index in [1.54, 1.807) is 0 Å². The van der Waals surface area contributed by atoms with Crippen LogP contribution < -0.4 is 0 Å². The minimum absolute atomic E-state index is 0.218. The Morgan fingerprint density at radius 2 is 2.00 bits per heavy atom. The number of rotatable bonds is 5. The van der Waals surface area contributed by atoms with Crippen molar-refractivity contribution >= 4 is 0 Å². The largest absolute Gasteiger partial charge is 0.388 e. The van der Waals surface area contributed by atoms with Crippen LogP contribution in [0.3, 0.4) is 0 Å². The fourth-order valence-electron chi connectivity index (χ4n) is 2.86. The summed E-state index contributed by atoms with van der Waals surface area (Å²) in [5, 5.41) is 10.5. The van der Waals surface area contributed by atoms with Crippen molar-refractivity contribution in [3.8, 4) is 0 Å². The Bertz CT molecular complexity index is 358. The second-order valence-corrected chi connectivity index (χ2v) is 5.21.